The SMILES string of the molecule is O=C(Cc1ccccc1)Nc1cccc(C(=O)Nc2ccc(C(=O)O)cc2)c1. The molecule has 0 heterocycles. The lowest BCUT2D eigenvalue weighted by atomic mass is 10.1. The van der Waals surface area contributed by atoms with E-state index >= 15 is 0 Å². The van der Waals surface area contributed by atoms with Crippen LogP contribution in [0, 0.1) is 0 Å². The Kier molecular flexibility index (Phi) is 5.81. The fourth-order valence-electron chi connectivity index (χ4n) is 2.62. The summed E-state index contributed by atoms with van der Waals surface area (Å²) in [5.41, 5.74) is 2.42. The van der Waals surface area contributed by atoms with Gasteiger partial charge in [0.15, 0.2) is 0 Å². The maximum absolute atomic E-state index is 12.4. The number of carbonyl (C=O) groups is 3. The summed E-state index contributed by atoms with van der Waals surface area (Å²) in [7, 11) is 0. The predicted octanol–water partition coefficient (Wildman–Crippen LogP) is 3.82. The summed E-state index contributed by atoms with van der Waals surface area (Å²) in [6.45, 7) is 0. The Morgan fingerprint density at radius 3 is 2.11 bits per heavy atom. The van der Waals surface area contributed by atoms with Crippen LogP contribution < -0.4 is 10.6 Å². The Morgan fingerprint density at radius 1 is 0.714 bits per heavy atom. The Labute approximate surface area is 161 Å². The molecule has 0 atom stereocenters. The lowest BCUT2D eigenvalue weighted by molar-refractivity contribution is -0.115. The quantitative estimate of drug-likeness (QED) is 0.611. The molecule has 6 heteroatoms. The van der Waals surface area contributed by atoms with Gasteiger partial charge in [-0.3, -0.25) is 9.59 Å². The molecule has 0 aliphatic heterocycles. The van der Waals surface area contributed by atoms with Gasteiger partial charge in [0.25, 0.3) is 5.91 Å². The Bertz CT molecular complexity index is 999. The summed E-state index contributed by atoms with van der Waals surface area (Å²) in [6.07, 6.45) is 0.243. The third-order valence-electron chi connectivity index (χ3n) is 4.01. The molecular formula is C22H18N2O4. The maximum atomic E-state index is 12.4. The van der Waals surface area contributed by atoms with E-state index in [0.717, 1.165) is 5.56 Å². The van der Waals surface area contributed by atoms with Crippen molar-refractivity contribution in [3.8, 4) is 0 Å². The van der Waals surface area contributed by atoms with Crippen LogP contribution in [0.5, 0.6) is 0 Å². The highest BCUT2D eigenvalue weighted by atomic mass is 16.4. The van der Waals surface area contributed by atoms with Crippen LogP contribution in [0.25, 0.3) is 0 Å². The number of carboxylic acid groups (broad SMARTS) is 1. The van der Waals surface area contributed by atoms with Crippen molar-refractivity contribution in [1.82, 2.24) is 0 Å². The average Bonchev–Trinajstić information content (AvgIpc) is 2.69. The molecule has 6 nitrogen and oxygen atoms in total. The zero-order valence-corrected chi connectivity index (χ0v) is 14.9. The normalized spacial score (nSPS) is 10.1. The van der Waals surface area contributed by atoms with Crippen LogP contribution in [-0.2, 0) is 11.2 Å². The minimum absolute atomic E-state index is 0.140. The standard InChI is InChI=1S/C22H18N2O4/c25-20(13-15-5-2-1-3-6-15)23-19-8-4-7-17(14-19)21(26)24-18-11-9-16(10-12-18)22(27)28/h1-12,14H,13H2,(H,23,25)(H,24,26)(H,27,28). The summed E-state index contributed by atoms with van der Waals surface area (Å²) in [4.78, 5) is 35.5. The molecule has 0 aromatic heterocycles. The van der Waals surface area contributed by atoms with E-state index in [2.05, 4.69) is 10.6 Å². The highest BCUT2D eigenvalue weighted by Crippen LogP contribution is 2.15. The summed E-state index contributed by atoms with van der Waals surface area (Å²) in [6, 6.07) is 21.9. The van der Waals surface area contributed by atoms with Crippen molar-refractivity contribution in [1.29, 1.82) is 0 Å². The summed E-state index contributed by atoms with van der Waals surface area (Å²) in [5, 5.41) is 14.4. The molecule has 3 N–H and O–H groups in total. The van der Waals surface area contributed by atoms with E-state index in [1.165, 1.54) is 24.3 Å². The summed E-state index contributed by atoms with van der Waals surface area (Å²) in [5.74, 6) is -1.56. The Balaban J connectivity index is 1.64. The van der Waals surface area contributed by atoms with Gasteiger partial charge >= 0.3 is 5.97 Å². The lowest BCUT2D eigenvalue weighted by Crippen LogP contribution is -2.16. The third kappa shape index (κ3) is 5.04. The molecule has 140 valence electrons. The first-order chi connectivity index (χ1) is 13.5. The van der Waals surface area contributed by atoms with E-state index in [-0.39, 0.29) is 23.8 Å². The molecule has 0 unspecified atom stereocenters. The van der Waals surface area contributed by atoms with Crippen molar-refractivity contribution in [2.45, 2.75) is 6.42 Å². The van der Waals surface area contributed by atoms with E-state index < -0.39 is 5.97 Å². The molecule has 0 spiro atoms. The molecule has 0 bridgehead atoms. The van der Waals surface area contributed by atoms with Crippen LogP contribution >= 0.6 is 0 Å². The fraction of sp³-hybridized carbons (Fsp3) is 0.0455. The van der Waals surface area contributed by atoms with Crippen molar-refractivity contribution >= 4 is 29.2 Å². The van der Waals surface area contributed by atoms with Crippen molar-refractivity contribution in [2.24, 2.45) is 0 Å². The van der Waals surface area contributed by atoms with Crippen LogP contribution in [0.15, 0.2) is 78.9 Å². The predicted molar refractivity (Wildman–Crippen MR) is 107 cm³/mol. The topological polar surface area (TPSA) is 95.5 Å². The van der Waals surface area contributed by atoms with Gasteiger partial charge in [-0.15, -0.1) is 0 Å². The molecule has 0 aliphatic rings. The maximum Gasteiger partial charge on any atom is 0.335 e. The molecule has 0 aliphatic carbocycles. The molecule has 3 aromatic carbocycles. The van der Waals surface area contributed by atoms with Gasteiger partial charge in [0.1, 0.15) is 0 Å². The number of nitrogens with one attached hydrogen (secondary N) is 2. The van der Waals surface area contributed by atoms with E-state index in [4.69, 9.17) is 5.11 Å². The Hall–Kier alpha value is -3.93. The molecule has 0 fully saturated rings. The molecule has 3 rings (SSSR count). The number of carbonyl (C=O) groups excluding carboxylic acids is 2. The second kappa shape index (κ2) is 8.64. The van der Waals surface area contributed by atoms with Gasteiger partial charge in [-0.25, -0.2) is 4.79 Å². The summed E-state index contributed by atoms with van der Waals surface area (Å²) < 4.78 is 0. The molecule has 3 aromatic rings. The first-order valence-electron chi connectivity index (χ1n) is 8.60. The van der Waals surface area contributed by atoms with E-state index in [1.807, 2.05) is 30.3 Å². The van der Waals surface area contributed by atoms with Crippen molar-refractivity contribution in [2.75, 3.05) is 10.6 Å². The van der Waals surface area contributed by atoms with Crippen LogP contribution in [-0.4, -0.2) is 22.9 Å². The third-order valence-corrected chi connectivity index (χ3v) is 4.01. The molecule has 0 radical (unpaired) electrons. The molecular weight excluding hydrogens is 356 g/mol. The van der Waals surface area contributed by atoms with Gasteiger partial charge in [-0.05, 0) is 48.0 Å². The van der Waals surface area contributed by atoms with Crippen LogP contribution in [0.2, 0.25) is 0 Å². The number of carboxylic acids is 1. The van der Waals surface area contributed by atoms with Gasteiger partial charge in [-0.1, -0.05) is 36.4 Å². The monoisotopic (exact) mass is 374 g/mol. The van der Waals surface area contributed by atoms with E-state index in [1.54, 1.807) is 24.3 Å². The minimum atomic E-state index is -1.03. The number of anilines is 2. The first-order valence-corrected chi connectivity index (χ1v) is 8.60. The summed E-state index contributed by atoms with van der Waals surface area (Å²) >= 11 is 0. The van der Waals surface area contributed by atoms with Crippen LogP contribution in [0.1, 0.15) is 26.3 Å². The number of amides is 2. The van der Waals surface area contributed by atoms with Crippen molar-refractivity contribution < 1.29 is 19.5 Å². The highest BCUT2D eigenvalue weighted by Gasteiger charge is 2.10. The largest absolute Gasteiger partial charge is 0.478 e. The van der Waals surface area contributed by atoms with Crippen LogP contribution in [0.4, 0.5) is 11.4 Å². The second-order valence-corrected chi connectivity index (χ2v) is 6.13. The van der Waals surface area contributed by atoms with Crippen molar-refractivity contribution in [3.05, 3.63) is 95.6 Å². The number of benzene rings is 3. The zero-order chi connectivity index (χ0) is 19.9. The molecule has 2 amide bonds. The van der Waals surface area contributed by atoms with Gasteiger partial charge in [0, 0.05) is 16.9 Å². The highest BCUT2D eigenvalue weighted by molar-refractivity contribution is 6.05. The van der Waals surface area contributed by atoms with E-state index in [9.17, 15) is 14.4 Å². The molecule has 0 saturated carbocycles. The van der Waals surface area contributed by atoms with Gasteiger partial charge in [0.05, 0.1) is 12.0 Å². The van der Waals surface area contributed by atoms with Gasteiger partial charge < -0.3 is 15.7 Å². The fourth-order valence-corrected chi connectivity index (χ4v) is 2.62. The number of aromatic carboxylic acids is 1. The number of rotatable bonds is 6. The van der Waals surface area contributed by atoms with Gasteiger partial charge in [-0.2, -0.15) is 0 Å². The number of hydrogen-bond donors (Lipinski definition) is 3. The minimum Gasteiger partial charge on any atom is -0.478 e. The van der Waals surface area contributed by atoms with Gasteiger partial charge in [0.2, 0.25) is 5.91 Å². The average molecular weight is 374 g/mol. The first kappa shape index (κ1) is 18.8. The number of hydrogen-bond acceptors (Lipinski definition) is 3. The zero-order valence-electron chi connectivity index (χ0n) is 14.9. The Morgan fingerprint density at radius 2 is 1.43 bits per heavy atom. The molecule has 0 saturated heterocycles. The lowest BCUT2D eigenvalue weighted by Gasteiger charge is -2.09. The second-order valence-electron chi connectivity index (χ2n) is 6.13. The van der Waals surface area contributed by atoms with Crippen molar-refractivity contribution in [3.63, 3.8) is 0 Å². The smallest absolute Gasteiger partial charge is 0.335 e. The van der Waals surface area contributed by atoms with E-state index in [0.29, 0.717) is 16.9 Å². The van der Waals surface area contributed by atoms with Crippen LogP contribution in [0.3, 0.4) is 0 Å². The molecule has 28 heavy (non-hydrogen) atoms.